The number of hydrogen-bond donors (Lipinski definition) is 0. The standard InChI is InChI=1S/C24H28N6O2/c1-18-3-2-4-19(15-18)21-5-8-28(26-21)23-16-24(27-10-13-31-14-11-27)30-22(25-23)6-9-29(30)20-7-12-32-17-20/h2-6,8,15-16,20H,7,9-14,17H2,1H3/t20-/m0/s1. The molecule has 32 heavy (non-hydrogen) atoms. The molecule has 0 N–H and O–H groups in total. The third kappa shape index (κ3) is 3.54. The minimum Gasteiger partial charge on any atom is -0.380 e. The van der Waals surface area contributed by atoms with Crippen molar-refractivity contribution in [1.82, 2.24) is 24.7 Å². The molecule has 2 saturated heterocycles. The molecule has 6 rings (SSSR count). The summed E-state index contributed by atoms with van der Waals surface area (Å²) in [5.41, 5.74) is 3.29. The van der Waals surface area contributed by atoms with Gasteiger partial charge in [-0.25, -0.2) is 19.7 Å². The highest BCUT2D eigenvalue weighted by atomic mass is 16.5. The fourth-order valence-corrected chi connectivity index (χ4v) is 4.76. The summed E-state index contributed by atoms with van der Waals surface area (Å²) in [4.78, 5) is 7.39. The monoisotopic (exact) mass is 432 g/mol. The van der Waals surface area contributed by atoms with Crippen LogP contribution in [0, 0.1) is 6.92 Å². The highest BCUT2D eigenvalue weighted by Crippen LogP contribution is 2.33. The Morgan fingerprint density at radius 1 is 1.06 bits per heavy atom. The second-order valence-electron chi connectivity index (χ2n) is 8.60. The molecule has 0 saturated carbocycles. The third-order valence-corrected chi connectivity index (χ3v) is 6.44. The summed E-state index contributed by atoms with van der Waals surface area (Å²) in [5, 5.41) is 9.53. The van der Waals surface area contributed by atoms with E-state index in [1.807, 2.05) is 10.9 Å². The van der Waals surface area contributed by atoms with E-state index in [0.717, 1.165) is 81.2 Å². The van der Waals surface area contributed by atoms with Crippen LogP contribution in [0.2, 0.25) is 0 Å². The van der Waals surface area contributed by atoms with E-state index in [1.165, 1.54) is 5.56 Å². The quantitative estimate of drug-likeness (QED) is 0.743. The molecule has 0 unspecified atom stereocenters. The van der Waals surface area contributed by atoms with Gasteiger partial charge in [-0.1, -0.05) is 23.8 Å². The lowest BCUT2D eigenvalue weighted by Crippen LogP contribution is -2.51. The fourth-order valence-electron chi connectivity index (χ4n) is 4.76. The van der Waals surface area contributed by atoms with Crippen molar-refractivity contribution >= 4 is 5.84 Å². The minimum absolute atomic E-state index is 0.377. The molecule has 0 aliphatic carbocycles. The maximum absolute atomic E-state index is 5.68. The molecule has 4 aliphatic heterocycles. The SMILES string of the molecule is Cc1cccc(-c2ccn(C3=NC4=CCN([C@H]5CCOC5)N4C(N4CCOCC4)=C3)n2)c1. The van der Waals surface area contributed by atoms with E-state index in [4.69, 9.17) is 19.6 Å². The molecule has 0 amide bonds. The number of benzene rings is 1. The smallest absolute Gasteiger partial charge is 0.159 e. The van der Waals surface area contributed by atoms with Gasteiger partial charge in [0.1, 0.15) is 11.6 Å². The number of hydrazine groups is 1. The Kier molecular flexibility index (Phi) is 5.05. The van der Waals surface area contributed by atoms with Gasteiger partial charge in [0.15, 0.2) is 5.84 Å². The Balaban J connectivity index is 1.35. The van der Waals surface area contributed by atoms with Crippen molar-refractivity contribution in [2.24, 2.45) is 4.99 Å². The van der Waals surface area contributed by atoms with Crippen molar-refractivity contribution in [1.29, 1.82) is 0 Å². The zero-order valence-corrected chi connectivity index (χ0v) is 18.4. The summed E-state index contributed by atoms with van der Waals surface area (Å²) in [7, 11) is 0. The number of morpholine rings is 1. The van der Waals surface area contributed by atoms with Crippen molar-refractivity contribution in [3.05, 3.63) is 65.9 Å². The number of aliphatic imine (C=N–C) groups is 1. The number of aryl methyl sites for hydroxylation is 1. The Hall–Kier alpha value is -2.94. The number of ether oxygens (including phenoxy) is 2. The van der Waals surface area contributed by atoms with E-state index < -0.39 is 0 Å². The average Bonchev–Trinajstić information content (AvgIpc) is 3.59. The highest BCUT2D eigenvalue weighted by molar-refractivity contribution is 5.96. The molecular formula is C24H28N6O2. The zero-order valence-electron chi connectivity index (χ0n) is 18.4. The van der Waals surface area contributed by atoms with Crippen molar-refractivity contribution in [3.8, 4) is 11.3 Å². The Bertz CT molecular complexity index is 1090. The zero-order chi connectivity index (χ0) is 21.5. The van der Waals surface area contributed by atoms with Crippen LogP contribution < -0.4 is 0 Å². The summed E-state index contributed by atoms with van der Waals surface area (Å²) in [6.07, 6.45) is 7.40. The van der Waals surface area contributed by atoms with E-state index in [-0.39, 0.29) is 0 Å². The molecule has 2 aromatic rings. The third-order valence-electron chi connectivity index (χ3n) is 6.44. The highest BCUT2D eigenvalue weighted by Gasteiger charge is 2.38. The van der Waals surface area contributed by atoms with Crippen LogP contribution in [0.3, 0.4) is 0 Å². The fraction of sp³-hybridized carbons (Fsp3) is 0.417. The molecule has 5 heterocycles. The van der Waals surface area contributed by atoms with Gasteiger partial charge < -0.3 is 14.4 Å². The van der Waals surface area contributed by atoms with Gasteiger partial charge in [-0.05, 0) is 31.6 Å². The molecular weight excluding hydrogens is 404 g/mol. The van der Waals surface area contributed by atoms with Gasteiger partial charge in [-0.2, -0.15) is 5.10 Å². The summed E-state index contributed by atoms with van der Waals surface area (Å²) in [5.74, 6) is 2.93. The van der Waals surface area contributed by atoms with E-state index in [9.17, 15) is 0 Å². The predicted octanol–water partition coefficient (Wildman–Crippen LogP) is 2.46. The lowest BCUT2D eigenvalue weighted by molar-refractivity contribution is -0.0272. The lowest BCUT2D eigenvalue weighted by Gasteiger charge is -2.43. The van der Waals surface area contributed by atoms with Gasteiger partial charge in [-0.3, -0.25) is 0 Å². The molecule has 166 valence electrons. The molecule has 2 fully saturated rings. The molecule has 1 atom stereocenters. The first kappa shape index (κ1) is 19.7. The maximum Gasteiger partial charge on any atom is 0.159 e. The Labute approximate surface area is 188 Å². The van der Waals surface area contributed by atoms with Crippen LogP contribution in [0.1, 0.15) is 12.0 Å². The van der Waals surface area contributed by atoms with Gasteiger partial charge >= 0.3 is 0 Å². The van der Waals surface area contributed by atoms with Gasteiger partial charge in [0.25, 0.3) is 0 Å². The molecule has 8 heteroatoms. The van der Waals surface area contributed by atoms with Crippen molar-refractivity contribution < 1.29 is 9.47 Å². The number of fused-ring (bicyclic) bond motifs is 1. The summed E-state index contributed by atoms with van der Waals surface area (Å²) >= 11 is 0. The van der Waals surface area contributed by atoms with E-state index in [1.54, 1.807) is 0 Å². The molecule has 4 aliphatic rings. The topological polar surface area (TPSA) is 58.4 Å². The summed E-state index contributed by atoms with van der Waals surface area (Å²) in [6.45, 7) is 7.75. The first-order valence-electron chi connectivity index (χ1n) is 11.4. The summed E-state index contributed by atoms with van der Waals surface area (Å²) in [6, 6.07) is 10.9. The first-order valence-corrected chi connectivity index (χ1v) is 11.4. The van der Waals surface area contributed by atoms with Crippen LogP contribution in [0.25, 0.3) is 11.3 Å². The molecule has 1 aromatic carbocycles. The largest absolute Gasteiger partial charge is 0.380 e. The molecule has 0 radical (unpaired) electrons. The van der Waals surface area contributed by atoms with Crippen LogP contribution in [0.4, 0.5) is 0 Å². The molecule has 1 aromatic heterocycles. The van der Waals surface area contributed by atoms with Crippen LogP contribution in [-0.4, -0.2) is 82.6 Å². The van der Waals surface area contributed by atoms with Crippen LogP contribution in [0.15, 0.2) is 65.3 Å². The van der Waals surface area contributed by atoms with Crippen molar-refractivity contribution in [3.63, 3.8) is 0 Å². The van der Waals surface area contributed by atoms with Crippen molar-refractivity contribution in [2.75, 3.05) is 46.1 Å². The minimum atomic E-state index is 0.377. The number of nitrogens with zero attached hydrogens (tertiary/aromatic N) is 6. The normalized spacial score (nSPS) is 23.8. The number of hydrogen-bond acceptors (Lipinski definition) is 7. The Morgan fingerprint density at radius 2 is 1.97 bits per heavy atom. The van der Waals surface area contributed by atoms with Gasteiger partial charge in [0.2, 0.25) is 0 Å². The molecule has 8 nitrogen and oxygen atoms in total. The summed E-state index contributed by atoms with van der Waals surface area (Å²) < 4.78 is 13.2. The van der Waals surface area contributed by atoms with E-state index in [0.29, 0.717) is 6.04 Å². The Morgan fingerprint density at radius 3 is 2.78 bits per heavy atom. The van der Waals surface area contributed by atoms with Crippen LogP contribution >= 0.6 is 0 Å². The van der Waals surface area contributed by atoms with E-state index >= 15 is 0 Å². The predicted molar refractivity (Wildman–Crippen MR) is 122 cm³/mol. The first-order chi connectivity index (χ1) is 15.8. The van der Waals surface area contributed by atoms with Gasteiger partial charge in [0.05, 0.1) is 31.6 Å². The van der Waals surface area contributed by atoms with Gasteiger partial charge in [0, 0.05) is 44.1 Å². The average molecular weight is 433 g/mol. The second kappa shape index (κ2) is 8.20. The van der Waals surface area contributed by atoms with Crippen molar-refractivity contribution in [2.45, 2.75) is 19.4 Å². The van der Waals surface area contributed by atoms with Gasteiger partial charge in [-0.15, -0.1) is 0 Å². The number of allylic oxidation sites excluding steroid dienone is 1. The van der Waals surface area contributed by atoms with Crippen LogP contribution in [-0.2, 0) is 9.47 Å². The number of aromatic nitrogens is 2. The lowest BCUT2D eigenvalue weighted by atomic mass is 10.1. The number of rotatable bonds is 3. The second-order valence-corrected chi connectivity index (χ2v) is 8.60. The van der Waals surface area contributed by atoms with Crippen LogP contribution in [0.5, 0.6) is 0 Å². The van der Waals surface area contributed by atoms with E-state index in [2.05, 4.69) is 64.3 Å². The molecule has 0 bridgehead atoms. The molecule has 0 spiro atoms. The maximum atomic E-state index is 5.68.